The average Bonchev–Trinajstić information content (AvgIpc) is 3.01. The van der Waals surface area contributed by atoms with E-state index in [1.807, 2.05) is 37.3 Å². The van der Waals surface area contributed by atoms with Crippen LogP contribution in [0.2, 0.25) is 0 Å². The number of halogens is 1. The van der Waals surface area contributed by atoms with Crippen LogP contribution in [0.15, 0.2) is 41.3 Å². The highest BCUT2D eigenvalue weighted by Gasteiger charge is 2.36. The first kappa shape index (κ1) is 24.1. The van der Waals surface area contributed by atoms with Crippen molar-refractivity contribution in [2.75, 3.05) is 20.3 Å². The van der Waals surface area contributed by atoms with E-state index in [-0.39, 0.29) is 11.5 Å². The summed E-state index contributed by atoms with van der Waals surface area (Å²) in [7, 11) is 1.54. The Morgan fingerprint density at radius 2 is 1.91 bits per heavy atom. The molecule has 7 nitrogen and oxygen atoms in total. The van der Waals surface area contributed by atoms with Crippen molar-refractivity contribution < 1.29 is 28.6 Å². The van der Waals surface area contributed by atoms with Gasteiger partial charge in [-0.1, -0.05) is 29.8 Å². The maximum atomic E-state index is 12.6. The number of hydrogen-bond donors (Lipinski definition) is 0. The number of hydrogen-bond acceptors (Lipinski definition) is 7. The van der Waals surface area contributed by atoms with Crippen LogP contribution in [0.3, 0.4) is 0 Å². The predicted octanol–water partition coefficient (Wildman–Crippen LogP) is 4.79. The molecule has 1 fully saturated rings. The fourth-order valence-electron chi connectivity index (χ4n) is 2.93. The Labute approximate surface area is 204 Å². The lowest BCUT2D eigenvalue weighted by Crippen LogP contribution is -2.34. The van der Waals surface area contributed by atoms with Gasteiger partial charge in [0.2, 0.25) is 0 Å². The number of ether oxygens (including phenoxy) is 3. The minimum atomic E-state index is -0.623. The van der Waals surface area contributed by atoms with Gasteiger partial charge in [-0.2, -0.15) is 0 Å². The Bertz CT molecular complexity index is 1070. The first-order chi connectivity index (χ1) is 15.3. The molecule has 0 bridgehead atoms. The number of nitrogens with zero attached hydrogens (tertiary/aromatic N) is 1. The molecular formula is C23H22INO6S. The summed E-state index contributed by atoms with van der Waals surface area (Å²) in [4.78, 5) is 37.6. The molecule has 0 radical (unpaired) electrons. The van der Waals surface area contributed by atoms with Gasteiger partial charge in [0.15, 0.2) is 11.5 Å². The molecule has 1 heterocycles. The molecule has 2 aromatic rings. The van der Waals surface area contributed by atoms with E-state index in [1.165, 1.54) is 5.56 Å². The molecule has 168 valence electrons. The Hall–Kier alpha value is -2.53. The first-order valence-electron chi connectivity index (χ1n) is 9.79. The number of carbonyl (C=O) groups is 3. The molecule has 0 unspecified atom stereocenters. The van der Waals surface area contributed by atoms with Crippen molar-refractivity contribution in [3.8, 4) is 11.5 Å². The molecule has 3 rings (SSSR count). The van der Waals surface area contributed by atoms with Gasteiger partial charge in [0.05, 0.1) is 22.2 Å². The molecule has 0 aromatic heterocycles. The zero-order valence-corrected chi connectivity index (χ0v) is 20.8. The van der Waals surface area contributed by atoms with Crippen molar-refractivity contribution in [1.29, 1.82) is 0 Å². The third-order valence-electron chi connectivity index (χ3n) is 4.52. The van der Waals surface area contributed by atoms with Crippen LogP contribution in [0.5, 0.6) is 11.5 Å². The maximum absolute atomic E-state index is 12.6. The van der Waals surface area contributed by atoms with E-state index in [0.717, 1.165) is 25.8 Å². The van der Waals surface area contributed by atoms with E-state index >= 15 is 0 Å². The van der Waals surface area contributed by atoms with Crippen LogP contribution in [0.1, 0.15) is 23.6 Å². The number of thioether (sulfide) groups is 1. The second kappa shape index (κ2) is 10.9. The molecule has 0 aliphatic carbocycles. The van der Waals surface area contributed by atoms with E-state index in [0.29, 0.717) is 23.7 Å². The fraction of sp³-hybridized carbons (Fsp3) is 0.261. The van der Waals surface area contributed by atoms with Crippen LogP contribution >= 0.6 is 34.4 Å². The molecule has 0 N–H and O–H groups in total. The van der Waals surface area contributed by atoms with Gasteiger partial charge in [-0.25, -0.2) is 0 Å². The highest BCUT2D eigenvalue weighted by atomic mass is 127. The summed E-state index contributed by atoms with van der Waals surface area (Å²) >= 11 is 2.93. The molecular weight excluding hydrogens is 545 g/mol. The summed E-state index contributed by atoms with van der Waals surface area (Å²) in [6.07, 6.45) is 1.60. The standard InChI is InChI=1S/C23H22INO6S/c1-4-30-20(26)12-25-22(27)19(32-23(25)28)11-16-9-17(24)21(18(10-16)29-3)31-13-15-7-5-14(2)6-8-15/h5-11H,4,12-13H2,1-3H3/b19-11-. The lowest BCUT2D eigenvalue weighted by molar-refractivity contribution is -0.145. The molecule has 0 spiro atoms. The summed E-state index contributed by atoms with van der Waals surface area (Å²) in [5.41, 5.74) is 2.89. The van der Waals surface area contributed by atoms with Gasteiger partial charge in [0.25, 0.3) is 11.1 Å². The molecule has 1 aliphatic rings. The van der Waals surface area contributed by atoms with Crippen molar-refractivity contribution in [3.05, 3.63) is 61.6 Å². The minimum Gasteiger partial charge on any atom is -0.493 e. The van der Waals surface area contributed by atoms with Gasteiger partial charge in [-0.3, -0.25) is 19.3 Å². The largest absolute Gasteiger partial charge is 0.493 e. The Kier molecular flexibility index (Phi) is 8.19. The van der Waals surface area contributed by atoms with Gasteiger partial charge in [0.1, 0.15) is 13.2 Å². The topological polar surface area (TPSA) is 82.1 Å². The van der Waals surface area contributed by atoms with Gasteiger partial charge in [-0.05, 0) is 77.5 Å². The van der Waals surface area contributed by atoms with Crippen LogP contribution in [-0.4, -0.2) is 42.3 Å². The highest BCUT2D eigenvalue weighted by Crippen LogP contribution is 2.37. The fourth-order valence-corrected chi connectivity index (χ4v) is 4.55. The second-order valence-corrected chi connectivity index (χ2v) is 9.04. The smallest absolute Gasteiger partial charge is 0.326 e. The number of imide groups is 1. The van der Waals surface area contributed by atoms with Crippen molar-refractivity contribution in [3.63, 3.8) is 0 Å². The number of carbonyl (C=O) groups excluding carboxylic acids is 3. The van der Waals surface area contributed by atoms with Crippen LogP contribution in [-0.2, 0) is 20.9 Å². The molecule has 0 saturated carbocycles. The SMILES string of the molecule is CCOC(=O)CN1C(=O)S/C(=C\c2cc(I)c(OCc3ccc(C)cc3)c(OC)c2)C1=O. The van der Waals surface area contributed by atoms with Crippen molar-refractivity contribution in [1.82, 2.24) is 4.90 Å². The number of aryl methyl sites for hydroxylation is 1. The van der Waals surface area contributed by atoms with Crippen LogP contribution < -0.4 is 9.47 Å². The Balaban J connectivity index is 1.78. The summed E-state index contributed by atoms with van der Waals surface area (Å²) in [5, 5.41) is -0.506. The molecule has 32 heavy (non-hydrogen) atoms. The number of esters is 1. The second-order valence-electron chi connectivity index (χ2n) is 6.88. The van der Waals surface area contributed by atoms with E-state index in [9.17, 15) is 14.4 Å². The normalized spacial score (nSPS) is 14.8. The van der Waals surface area contributed by atoms with E-state index in [1.54, 1.807) is 26.2 Å². The molecule has 2 aromatic carbocycles. The zero-order valence-electron chi connectivity index (χ0n) is 17.8. The Morgan fingerprint density at radius 1 is 1.19 bits per heavy atom. The summed E-state index contributed by atoms with van der Waals surface area (Å²) in [6.45, 7) is 3.86. The summed E-state index contributed by atoms with van der Waals surface area (Å²) in [5.74, 6) is -0.0358. The lowest BCUT2D eigenvalue weighted by atomic mass is 10.1. The monoisotopic (exact) mass is 567 g/mol. The number of benzene rings is 2. The first-order valence-corrected chi connectivity index (χ1v) is 11.7. The maximum Gasteiger partial charge on any atom is 0.326 e. The lowest BCUT2D eigenvalue weighted by Gasteiger charge is -2.14. The van der Waals surface area contributed by atoms with Crippen LogP contribution in [0.25, 0.3) is 6.08 Å². The van der Waals surface area contributed by atoms with E-state index < -0.39 is 23.7 Å². The average molecular weight is 567 g/mol. The number of rotatable bonds is 8. The van der Waals surface area contributed by atoms with Gasteiger partial charge in [0, 0.05) is 0 Å². The van der Waals surface area contributed by atoms with Gasteiger partial charge < -0.3 is 14.2 Å². The minimum absolute atomic E-state index is 0.182. The van der Waals surface area contributed by atoms with Crippen LogP contribution in [0, 0.1) is 10.5 Å². The number of methoxy groups -OCH3 is 1. The molecule has 1 saturated heterocycles. The van der Waals surface area contributed by atoms with Crippen molar-refractivity contribution >= 4 is 57.5 Å². The van der Waals surface area contributed by atoms with Gasteiger partial charge >= 0.3 is 5.97 Å². The van der Waals surface area contributed by atoms with E-state index in [2.05, 4.69) is 22.6 Å². The van der Waals surface area contributed by atoms with Crippen LogP contribution in [0.4, 0.5) is 4.79 Å². The molecule has 0 atom stereocenters. The predicted molar refractivity (Wildman–Crippen MR) is 131 cm³/mol. The number of amides is 2. The third kappa shape index (κ3) is 5.83. The molecule has 9 heteroatoms. The van der Waals surface area contributed by atoms with Crippen molar-refractivity contribution in [2.24, 2.45) is 0 Å². The van der Waals surface area contributed by atoms with Gasteiger partial charge in [-0.15, -0.1) is 0 Å². The highest BCUT2D eigenvalue weighted by molar-refractivity contribution is 14.1. The quantitative estimate of drug-likeness (QED) is 0.258. The third-order valence-corrected chi connectivity index (χ3v) is 6.23. The zero-order chi connectivity index (χ0) is 23.3. The van der Waals surface area contributed by atoms with Crippen molar-refractivity contribution in [2.45, 2.75) is 20.5 Å². The molecule has 1 aliphatic heterocycles. The summed E-state index contributed by atoms with van der Waals surface area (Å²) < 4.78 is 17.1. The summed E-state index contributed by atoms with van der Waals surface area (Å²) in [6, 6.07) is 11.7. The molecule has 2 amide bonds. The Morgan fingerprint density at radius 3 is 2.56 bits per heavy atom. The van der Waals surface area contributed by atoms with E-state index in [4.69, 9.17) is 14.2 Å².